The Morgan fingerprint density at radius 3 is 1.77 bits per heavy atom. The van der Waals surface area contributed by atoms with Gasteiger partial charge in [0.2, 0.25) is 0 Å². The number of carbonyl (C=O) groups excluding carboxylic acids is 3. The van der Waals surface area contributed by atoms with Gasteiger partial charge in [-0.05, 0) is 81.4 Å². The molecule has 0 aliphatic heterocycles. The van der Waals surface area contributed by atoms with Gasteiger partial charge < -0.3 is 19.5 Å². The zero-order valence-electron chi connectivity index (χ0n) is 20.5. The molecule has 0 aromatic heterocycles. The van der Waals surface area contributed by atoms with Crippen LogP contribution in [-0.2, 0) is 19.0 Å². The second kappa shape index (κ2) is 12.2. The van der Waals surface area contributed by atoms with Crippen LogP contribution in [0.3, 0.4) is 0 Å². The number of rotatable bonds is 6. The van der Waals surface area contributed by atoms with Gasteiger partial charge in [-0.2, -0.15) is 0 Å². The average molecular weight is 462 g/mol. The molecule has 0 heterocycles. The van der Waals surface area contributed by atoms with Gasteiger partial charge in [-0.3, -0.25) is 10.3 Å². The maximum absolute atomic E-state index is 12.5. The van der Waals surface area contributed by atoms with Crippen molar-refractivity contribution in [2.45, 2.75) is 98.0 Å². The van der Waals surface area contributed by atoms with Gasteiger partial charge in [0.1, 0.15) is 22.8 Å². The first kappa shape index (κ1) is 29.0. The minimum absolute atomic E-state index is 0.297. The zero-order chi connectivity index (χ0) is 24.5. The number of carbonyl (C=O) groups is 3. The third kappa shape index (κ3) is 16.4. The Labute approximate surface area is 190 Å². The van der Waals surface area contributed by atoms with Gasteiger partial charge >= 0.3 is 18.2 Å². The topological polar surface area (TPSA) is 115 Å². The monoisotopic (exact) mass is 461 g/mol. The van der Waals surface area contributed by atoms with Crippen LogP contribution in [0.15, 0.2) is 4.99 Å². The number of ether oxygens (including phenoxy) is 3. The standard InChI is InChI=1S/C21H39N3O6S/c1-19(2,3)28-15(25)14(23-17(26)29-20(4,5)6)12-11-13-22-16(31-10)24-18(27)30-21(7,8)9/h14H,11-13H2,1-10H3,(H,23,26)(H,22,24,27)/t14-/m0/s1. The molecular formula is C21H39N3O6S. The summed E-state index contributed by atoms with van der Waals surface area (Å²) in [5.41, 5.74) is -1.98. The third-order valence-electron chi connectivity index (χ3n) is 3.09. The highest BCUT2D eigenvalue weighted by atomic mass is 32.2. The molecule has 1 atom stereocenters. The molecule has 0 bridgehead atoms. The fraction of sp³-hybridized carbons (Fsp3) is 0.810. The van der Waals surface area contributed by atoms with Crippen molar-refractivity contribution >= 4 is 35.1 Å². The molecule has 0 saturated heterocycles. The van der Waals surface area contributed by atoms with Gasteiger partial charge in [-0.25, -0.2) is 14.4 Å². The SMILES string of the molecule is CSC(=NCCC[C@H](NC(=O)OC(C)(C)C)C(=O)OC(C)(C)C)NC(=O)OC(C)(C)C. The van der Waals surface area contributed by atoms with Crippen molar-refractivity contribution < 1.29 is 28.6 Å². The van der Waals surface area contributed by atoms with Crippen molar-refractivity contribution in [2.24, 2.45) is 4.99 Å². The number of nitrogens with zero attached hydrogens (tertiary/aromatic N) is 1. The average Bonchev–Trinajstić information content (AvgIpc) is 2.51. The molecule has 2 amide bonds. The van der Waals surface area contributed by atoms with Crippen LogP contribution in [0, 0.1) is 0 Å². The number of alkyl carbamates (subject to hydrolysis) is 2. The molecule has 0 spiro atoms. The summed E-state index contributed by atoms with van der Waals surface area (Å²) in [4.78, 5) is 40.8. The van der Waals surface area contributed by atoms with Crippen molar-refractivity contribution in [3.63, 3.8) is 0 Å². The van der Waals surface area contributed by atoms with Crippen molar-refractivity contribution in [3.8, 4) is 0 Å². The Kier molecular flexibility index (Phi) is 11.4. The quantitative estimate of drug-likeness (QED) is 0.200. The highest BCUT2D eigenvalue weighted by Gasteiger charge is 2.28. The van der Waals surface area contributed by atoms with Gasteiger partial charge in [0.15, 0.2) is 5.17 Å². The van der Waals surface area contributed by atoms with Crippen LogP contribution in [0.5, 0.6) is 0 Å². The van der Waals surface area contributed by atoms with Gasteiger partial charge in [-0.15, -0.1) is 0 Å². The second-order valence-electron chi connectivity index (χ2n) is 9.89. The first-order valence-electron chi connectivity index (χ1n) is 10.2. The smallest absolute Gasteiger partial charge is 0.413 e. The van der Waals surface area contributed by atoms with E-state index in [0.717, 1.165) is 0 Å². The minimum Gasteiger partial charge on any atom is -0.458 e. The number of amidine groups is 1. The highest BCUT2D eigenvalue weighted by Crippen LogP contribution is 2.13. The number of amides is 2. The third-order valence-corrected chi connectivity index (χ3v) is 3.71. The summed E-state index contributed by atoms with van der Waals surface area (Å²) in [7, 11) is 0. The van der Waals surface area contributed by atoms with Crippen LogP contribution in [0.2, 0.25) is 0 Å². The number of hydrogen-bond donors (Lipinski definition) is 2. The molecule has 0 aliphatic rings. The van der Waals surface area contributed by atoms with E-state index in [1.807, 2.05) is 0 Å². The largest absolute Gasteiger partial charge is 0.458 e. The molecule has 0 radical (unpaired) electrons. The Morgan fingerprint density at radius 1 is 0.839 bits per heavy atom. The number of aliphatic imine (C=N–C) groups is 1. The zero-order valence-corrected chi connectivity index (χ0v) is 21.3. The summed E-state index contributed by atoms with van der Waals surface area (Å²) < 4.78 is 15.9. The summed E-state index contributed by atoms with van der Waals surface area (Å²) in [6.07, 6.45) is 1.28. The predicted octanol–water partition coefficient (Wildman–Crippen LogP) is 4.25. The van der Waals surface area contributed by atoms with Gasteiger partial charge in [0.25, 0.3) is 0 Å². The first-order chi connectivity index (χ1) is 13.9. The van der Waals surface area contributed by atoms with Crippen molar-refractivity contribution in [1.29, 1.82) is 0 Å². The lowest BCUT2D eigenvalue weighted by Crippen LogP contribution is -2.46. The van der Waals surface area contributed by atoms with Crippen molar-refractivity contribution in [2.75, 3.05) is 12.8 Å². The van der Waals surface area contributed by atoms with Crippen LogP contribution < -0.4 is 10.6 Å². The molecule has 0 fully saturated rings. The summed E-state index contributed by atoms with van der Waals surface area (Å²) in [6.45, 7) is 16.2. The minimum atomic E-state index is -0.874. The van der Waals surface area contributed by atoms with E-state index in [1.165, 1.54) is 11.8 Å². The number of nitrogens with one attached hydrogen (secondary N) is 2. The summed E-state index contributed by atoms with van der Waals surface area (Å²) in [5.74, 6) is -0.542. The van der Waals surface area contributed by atoms with Gasteiger partial charge in [0, 0.05) is 6.54 Å². The lowest BCUT2D eigenvalue weighted by molar-refractivity contribution is -0.157. The van der Waals surface area contributed by atoms with E-state index in [-0.39, 0.29) is 0 Å². The molecule has 0 rings (SSSR count). The Bertz CT molecular complexity index is 645. The second-order valence-corrected chi connectivity index (χ2v) is 10.7. The van der Waals surface area contributed by atoms with Crippen molar-refractivity contribution in [1.82, 2.24) is 10.6 Å². The van der Waals surface area contributed by atoms with Gasteiger partial charge in [0.05, 0.1) is 0 Å². The fourth-order valence-electron chi connectivity index (χ4n) is 2.09. The molecule has 2 N–H and O–H groups in total. The fourth-order valence-corrected chi connectivity index (χ4v) is 2.50. The first-order valence-corrected chi connectivity index (χ1v) is 11.4. The maximum atomic E-state index is 12.5. The highest BCUT2D eigenvalue weighted by molar-refractivity contribution is 8.13. The molecule has 0 aromatic rings. The molecule has 9 nitrogen and oxygen atoms in total. The molecule has 10 heteroatoms. The predicted molar refractivity (Wildman–Crippen MR) is 123 cm³/mol. The molecule has 0 unspecified atom stereocenters. The normalized spacial score (nSPS) is 13.8. The van der Waals surface area contributed by atoms with E-state index in [1.54, 1.807) is 68.6 Å². The summed E-state index contributed by atoms with van der Waals surface area (Å²) in [6, 6.07) is -0.874. The molecular weight excluding hydrogens is 422 g/mol. The Morgan fingerprint density at radius 2 is 1.32 bits per heavy atom. The van der Waals surface area contributed by atoms with E-state index >= 15 is 0 Å². The number of esters is 1. The van der Waals surface area contributed by atoms with Crippen LogP contribution in [0.25, 0.3) is 0 Å². The molecule has 0 saturated carbocycles. The van der Waals surface area contributed by atoms with Gasteiger partial charge in [-0.1, -0.05) is 11.8 Å². The Balaban J connectivity index is 4.95. The summed E-state index contributed by atoms with van der Waals surface area (Å²) >= 11 is 1.27. The van der Waals surface area contributed by atoms with E-state index < -0.39 is 41.0 Å². The van der Waals surface area contributed by atoms with Crippen LogP contribution in [-0.4, -0.2) is 59.0 Å². The molecule has 180 valence electrons. The van der Waals surface area contributed by atoms with Crippen LogP contribution >= 0.6 is 11.8 Å². The van der Waals surface area contributed by atoms with Crippen LogP contribution in [0.4, 0.5) is 9.59 Å². The van der Waals surface area contributed by atoms with Crippen molar-refractivity contribution in [3.05, 3.63) is 0 Å². The number of thioether (sulfide) groups is 1. The lowest BCUT2D eigenvalue weighted by Gasteiger charge is -2.26. The van der Waals surface area contributed by atoms with E-state index in [2.05, 4.69) is 15.6 Å². The maximum Gasteiger partial charge on any atom is 0.413 e. The molecule has 31 heavy (non-hydrogen) atoms. The number of hydrogen-bond acceptors (Lipinski definition) is 8. The lowest BCUT2D eigenvalue weighted by atomic mass is 10.1. The van der Waals surface area contributed by atoms with Crippen LogP contribution in [0.1, 0.15) is 75.2 Å². The van der Waals surface area contributed by atoms with E-state index in [0.29, 0.717) is 24.6 Å². The van der Waals surface area contributed by atoms with E-state index in [9.17, 15) is 14.4 Å². The summed E-state index contributed by atoms with van der Waals surface area (Å²) in [5, 5.41) is 5.58. The van der Waals surface area contributed by atoms with E-state index in [4.69, 9.17) is 14.2 Å². The molecule has 0 aliphatic carbocycles. The molecule has 0 aromatic carbocycles. The Hall–Kier alpha value is -1.97.